The normalized spacial score (nSPS) is 28.6. The van der Waals surface area contributed by atoms with Crippen LogP contribution in [0.4, 0.5) is 0 Å². The van der Waals surface area contributed by atoms with Crippen molar-refractivity contribution in [1.82, 2.24) is 10.3 Å². The van der Waals surface area contributed by atoms with E-state index in [1.54, 1.807) is 25.4 Å². The highest BCUT2D eigenvalue weighted by Crippen LogP contribution is 2.51. The molecule has 1 heterocycles. The smallest absolute Gasteiger partial charge is 0.253 e. The molecule has 1 N–H and O–H groups in total. The van der Waals surface area contributed by atoms with Gasteiger partial charge in [-0.15, -0.1) is 0 Å². The minimum atomic E-state index is -0.172. The number of methoxy groups -OCH3 is 1. The Hall–Kier alpha value is -1.42. The standard InChI is InChI=1S/C15H22N2O2/c1-10-11(7-6-8-16-10)13(18)17-12-9-15(4,19-5)14(12,2)3/h6-8,12H,9H2,1-5H3,(H,17,18). The van der Waals surface area contributed by atoms with E-state index >= 15 is 0 Å². The van der Waals surface area contributed by atoms with E-state index in [0.29, 0.717) is 5.56 Å². The molecule has 2 rings (SSSR count). The number of aromatic nitrogens is 1. The maximum absolute atomic E-state index is 12.3. The summed E-state index contributed by atoms with van der Waals surface area (Å²) in [6, 6.07) is 3.72. The van der Waals surface area contributed by atoms with Crippen LogP contribution >= 0.6 is 0 Å². The summed E-state index contributed by atoms with van der Waals surface area (Å²) in [6.45, 7) is 8.19. The van der Waals surface area contributed by atoms with Crippen LogP contribution in [0.3, 0.4) is 0 Å². The second-order valence-electron chi connectivity index (χ2n) is 6.02. The molecule has 104 valence electrons. The molecule has 0 bridgehead atoms. The molecule has 0 spiro atoms. The lowest BCUT2D eigenvalue weighted by Gasteiger charge is -2.59. The third kappa shape index (κ3) is 2.14. The highest BCUT2D eigenvalue weighted by Gasteiger charge is 2.58. The zero-order valence-corrected chi connectivity index (χ0v) is 12.3. The molecular weight excluding hydrogens is 240 g/mol. The zero-order valence-electron chi connectivity index (χ0n) is 12.3. The summed E-state index contributed by atoms with van der Waals surface area (Å²) < 4.78 is 5.57. The molecule has 0 aliphatic heterocycles. The highest BCUT2D eigenvalue weighted by atomic mass is 16.5. The van der Waals surface area contributed by atoms with Gasteiger partial charge in [-0.3, -0.25) is 9.78 Å². The first-order valence-corrected chi connectivity index (χ1v) is 6.59. The lowest BCUT2D eigenvalue weighted by atomic mass is 9.56. The summed E-state index contributed by atoms with van der Waals surface area (Å²) in [5.74, 6) is -0.0539. The molecule has 1 aliphatic carbocycles. The van der Waals surface area contributed by atoms with E-state index < -0.39 is 0 Å². The van der Waals surface area contributed by atoms with Crippen LogP contribution in [0, 0.1) is 12.3 Å². The quantitative estimate of drug-likeness (QED) is 0.909. The molecule has 4 heteroatoms. The van der Waals surface area contributed by atoms with Crippen LogP contribution in [0.1, 0.15) is 43.2 Å². The second-order valence-corrected chi connectivity index (χ2v) is 6.02. The van der Waals surface area contributed by atoms with Gasteiger partial charge < -0.3 is 10.1 Å². The van der Waals surface area contributed by atoms with Crippen molar-refractivity contribution in [3.05, 3.63) is 29.6 Å². The summed E-state index contributed by atoms with van der Waals surface area (Å²) in [6.07, 6.45) is 2.53. The van der Waals surface area contributed by atoms with Crippen molar-refractivity contribution in [2.75, 3.05) is 7.11 Å². The third-order valence-corrected chi connectivity index (χ3v) is 4.84. The molecular formula is C15H22N2O2. The average Bonchev–Trinajstić information content (AvgIpc) is 2.38. The lowest BCUT2D eigenvalue weighted by Crippen LogP contribution is -2.68. The Morgan fingerprint density at radius 3 is 2.68 bits per heavy atom. The van der Waals surface area contributed by atoms with Gasteiger partial charge in [-0.2, -0.15) is 0 Å². The summed E-state index contributed by atoms with van der Waals surface area (Å²) in [5.41, 5.74) is 1.15. The maximum atomic E-state index is 12.3. The Morgan fingerprint density at radius 1 is 1.47 bits per heavy atom. The fourth-order valence-electron chi connectivity index (χ4n) is 2.68. The van der Waals surface area contributed by atoms with E-state index in [4.69, 9.17) is 4.74 Å². The molecule has 1 saturated carbocycles. The molecule has 1 fully saturated rings. The van der Waals surface area contributed by atoms with E-state index in [1.165, 1.54) is 0 Å². The number of rotatable bonds is 3. The van der Waals surface area contributed by atoms with E-state index in [0.717, 1.165) is 12.1 Å². The summed E-state index contributed by atoms with van der Waals surface area (Å²) in [7, 11) is 1.73. The molecule has 0 aromatic carbocycles. The lowest BCUT2D eigenvalue weighted by molar-refractivity contribution is -0.177. The molecule has 0 saturated heterocycles. The number of pyridine rings is 1. The molecule has 1 amide bonds. The number of aryl methyl sites for hydroxylation is 1. The van der Waals surface area contributed by atoms with Gasteiger partial charge in [0.15, 0.2) is 0 Å². The van der Waals surface area contributed by atoms with Crippen LogP contribution in [0.5, 0.6) is 0 Å². The van der Waals surface area contributed by atoms with Crippen molar-refractivity contribution in [3.63, 3.8) is 0 Å². The number of hydrogen-bond acceptors (Lipinski definition) is 3. The van der Waals surface area contributed by atoms with Gasteiger partial charge in [0.25, 0.3) is 5.91 Å². The largest absolute Gasteiger partial charge is 0.378 e. The SMILES string of the molecule is COC1(C)CC(NC(=O)c2cccnc2C)C1(C)C. The monoisotopic (exact) mass is 262 g/mol. The number of amides is 1. The molecule has 2 unspecified atom stereocenters. The van der Waals surface area contributed by atoms with E-state index in [-0.39, 0.29) is 23.0 Å². The first-order chi connectivity index (χ1) is 8.82. The molecule has 19 heavy (non-hydrogen) atoms. The van der Waals surface area contributed by atoms with E-state index in [9.17, 15) is 4.79 Å². The van der Waals surface area contributed by atoms with Gasteiger partial charge in [-0.25, -0.2) is 0 Å². The Balaban J connectivity index is 2.09. The topological polar surface area (TPSA) is 51.2 Å². The molecule has 1 aromatic heterocycles. The number of hydrogen-bond donors (Lipinski definition) is 1. The predicted octanol–water partition coefficient (Wildman–Crippen LogP) is 2.32. The van der Waals surface area contributed by atoms with Crippen molar-refractivity contribution in [2.24, 2.45) is 5.41 Å². The summed E-state index contributed by atoms with van der Waals surface area (Å²) >= 11 is 0. The summed E-state index contributed by atoms with van der Waals surface area (Å²) in [5, 5.41) is 3.09. The van der Waals surface area contributed by atoms with E-state index in [1.807, 2.05) is 6.92 Å². The Labute approximate surface area is 114 Å². The van der Waals surface area contributed by atoms with Gasteiger partial charge in [0.2, 0.25) is 0 Å². The number of nitrogens with zero attached hydrogens (tertiary/aromatic N) is 1. The van der Waals surface area contributed by atoms with Gasteiger partial charge in [-0.1, -0.05) is 13.8 Å². The highest BCUT2D eigenvalue weighted by molar-refractivity contribution is 5.95. The number of nitrogens with one attached hydrogen (secondary N) is 1. The van der Waals surface area contributed by atoms with Gasteiger partial charge in [0, 0.05) is 30.5 Å². The van der Waals surface area contributed by atoms with Gasteiger partial charge in [0.1, 0.15) is 0 Å². The molecule has 0 radical (unpaired) electrons. The molecule has 2 atom stereocenters. The Bertz CT molecular complexity index is 499. The van der Waals surface area contributed by atoms with Gasteiger partial charge in [-0.05, 0) is 32.4 Å². The number of carbonyl (C=O) groups is 1. The van der Waals surface area contributed by atoms with Crippen molar-refractivity contribution in [2.45, 2.75) is 45.8 Å². The van der Waals surface area contributed by atoms with E-state index in [2.05, 4.69) is 31.1 Å². The van der Waals surface area contributed by atoms with Crippen LogP contribution in [0.2, 0.25) is 0 Å². The Morgan fingerprint density at radius 2 is 2.16 bits per heavy atom. The minimum absolute atomic E-state index is 0.0539. The fraction of sp³-hybridized carbons (Fsp3) is 0.600. The first-order valence-electron chi connectivity index (χ1n) is 6.59. The maximum Gasteiger partial charge on any atom is 0.253 e. The van der Waals surface area contributed by atoms with Crippen LogP contribution < -0.4 is 5.32 Å². The minimum Gasteiger partial charge on any atom is -0.378 e. The molecule has 1 aliphatic rings. The van der Waals surface area contributed by atoms with Crippen molar-refractivity contribution < 1.29 is 9.53 Å². The number of carbonyl (C=O) groups excluding carboxylic acids is 1. The third-order valence-electron chi connectivity index (χ3n) is 4.84. The van der Waals surface area contributed by atoms with Crippen molar-refractivity contribution >= 4 is 5.91 Å². The second kappa shape index (κ2) is 4.60. The van der Waals surface area contributed by atoms with Gasteiger partial charge >= 0.3 is 0 Å². The Kier molecular flexibility index (Phi) is 3.39. The van der Waals surface area contributed by atoms with Crippen LogP contribution in [0.15, 0.2) is 18.3 Å². The van der Waals surface area contributed by atoms with Crippen LogP contribution in [0.25, 0.3) is 0 Å². The van der Waals surface area contributed by atoms with Crippen molar-refractivity contribution in [1.29, 1.82) is 0 Å². The zero-order chi connectivity index (χ0) is 14.3. The molecule has 1 aromatic rings. The fourth-order valence-corrected chi connectivity index (χ4v) is 2.68. The predicted molar refractivity (Wildman–Crippen MR) is 74.0 cm³/mol. The summed E-state index contributed by atoms with van der Waals surface area (Å²) in [4.78, 5) is 16.4. The molecule has 4 nitrogen and oxygen atoms in total. The van der Waals surface area contributed by atoms with Gasteiger partial charge in [0.05, 0.1) is 11.2 Å². The average molecular weight is 262 g/mol. The van der Waals surface area contributed by atoms with Crippen LogP contribution in [-0.4, -0.2) is 29.6 Å². The van der Waals surface area contributed by atoms with Crippen LogP contribution in [-0.2, 0) is 4.74 Å². The first kappa shape index (κ1) is 14.0. The number of ether oxygens (including phenoxy) is 1. The van der Waals surface area contributed by atoms with Crippen molar-refractivity contribution in [3.8, 4) is 0 Å².